The van der Waals surface area contributed by atoms with Crippen LogP contribution in [0.3, 0.4) is 0 Å². The molecule has 1 atom stereocenters. The second-order valence-electron chi connectivity index (χ2n) is 6.97. The van der Waals surface area contributed by atoms with Crippen LogP contribution in [0.2, 0.25) is 0 Å². The van der Waals surface area contributed by atoms with Crippen molar-refractivity contribution in [3.8, 4) is 0 Å². The Morgan fingerprint density at radius 3 is 2.61 bits per heavy atom. The Morgan fingerprint density at radius 1 is 1.29 bits per heavy atom. The summed E-state index contributed by atoms with van der Waals surface area (Å²) in [5.41, 5.74) is 1.91. The van der Waals surface area contributed by atoms with E-state index in [9.17, 15) is 4.79 Å². The molecule has 1 fully saturated rings. The van der Waals surface area contributed by atoms with Crippen molar-refractivity contribution in [3.05, 3.63) is 29.8 Å². The predicted octanol–water partition coefficient (Wildman–Crippen LogP) is 4.13. The van der Waals surface area contributed by atoms with Gasteiger partial charge in [0.2, 0.25) is 0 Å². The number of anilines is 1. The van der Waals surface area contributed by atoms with E-state index in [1.807, 2.05) is 38.1 Å². The molecule has 0 radical (unpaired) electrons. The molecule has 0 aromatic heterocycles. The van der Waals surface area contributed by atoms with Crippen LogP contribution in [-0.4, -0.2) is 53.6 Å². The lowest BCUT2D eigenvalue weighted by molar-refractivity contribution is 0.250. The van der Waals surface area contributed by atoms with E-state index in [2.05, 4.69) is 46.5 Å². The minimum absolute atomic E-state index is 0. The second kappa shape index (κ2) is 13.1. The lowest BCUT2D eigenvalue weighted by Crippen LogP contribution is -2.48. The van der Waals surface area contributed by atoms with Crippen LogP contribution < -0.4 is 16.0 Å². The van der Waals surface area contributed by atoms with Crippen molar-refractivity contribution in [1.82, 2.24) is 15.5 Å². The van der Waals surface area contributed by atoms with Gasteiger partial charge in [0.15, 0.2) is 5.96 Å². The highest BCUT2D eigenvalue weighted by Crippen LogP contribution is 2.21. The second-order valence-corrected chi connectivity index (χ2v) is 8.38. The Labute approximate surface area is 190 Å². The minimum Gasteiger partial charge on any atom is -0.357 e. The zero-order valence-corrected chi connectivity index (χ0v) is 20.5. The number of guanidine groups is 1. The first-order valence-electron chi connectivity index (χ1n) is 9.83. The van der Waals surface area contributed by atoms with Crippen molar-refractivity contribution in [2.75, 3.05) is 30.7 Å². The summed E-state index contributed by atoms with van der Waals surface area (Å²) in [7, 11) is 0. The van der Waals surface area contributed by atoms with Gasteiger partial charge >= 0.3 is 6.03 Å². The molecule has 1 aliphatic heterocycles. The molecule has 2 rings (SSSR count). The van der Waals surface area contributed by atoms with Gasteiger partial charge in [-0.2, -0.15) is 11.8 Å². The van der Waals surface area contributed by atoms with Crippen molar-refractivity contribution in [1.29, 1.82) is 0 Å². The molecule has 28 heavy (non-hydrogen) atoms. The third-order valence-corrected chi connectivity index (χ3v) is 5.64. The molecule has 8 heteroatoms. The number of urea groups is 1. The Morgan fingerprint density at radius 2 is 2.00 bits per heavy atom. The average molecular weight is 519 g/mol. The quantitative estimate of drug-likeness (QED) is 0.301. The Kier molecular flexibility index (Phi) is 11.7. The van der Waals surface area contributed by atoms with Gasteiger partial charge in [-0.05, 0) is 44.9 Å². The van der Waals surface area contributed by atoms with E-state index >= 15 is 0 Å². The van der Waals surface area contributed by atoms with Crippen LogP contribution in [0.25, 0.3) is 0 Å². The lowest BCUT2D eigenvalue weighted by atomic mass is 10.2. The zero-order valence-electron chi connectivity index (χ0n) is 17.3. The van der Waals surface area contributed by atoms with Gasteiger partial charge in [-0.3, -0.25) is 0 Å². The van der Waals surface area contributed by atoms with Crippen molar-refractivity contribution >= 4 is 53.4 Å². The zero-order chi connectivity index (χ0) is 19.6. The highest BCUT2D eigenvalue weighted by Gasteiger charge is 2.21. The van der Waals surface area contributed by atoms with Crippen LogP contribution in [0, 0.1) is 0 Å². The van der Waals surface area contributed by atoms with E-state index in [1.54, 1.807) is 0 Å². The number of nitrogens with zero attached hydrogens (tertiary/aromatic N) is 2. The largest absolute Gasteiger partial charge is 0.357 e. The molecule has 1 unspecified atom stereocenters. The maximum atomic E-state index is 11.8. The molecule has 0 saturated carbocycles. The first-order chi connectivity index (χ1) is 13.0. The normalized spacial score (nSPS) is 17.1. The maximum Gasteiger partial charge on any atom is 0.319 e. The third-order valence-electron chi connectivity index (χ3n) is 4.27. The maximum absolute atomic E-state index is 11.8. The summed E-state index contributed by atoms with van der Waals surface area (Å²) >= 11 is 2.06. The van der Waals surface area contributed by atoms with Gasteiger partial charge in [-0.15, -0.1) is 24.0 Å². The fraction of sp³-hybridized carbons (Fsp3) is 0.600. The molecular weight excluding hydrogens is 485 g/mol. The molecule has 0 spiro atoms. The molecule has 158 valence electrons. The van der Waals surface area contributed by atoms with Crippen molar-refractivity contribution in [2.45, 2.75) is 52.0 Å². The fourth-order valence-corrected chi connectivity index (χ4v) is 4.05. The van der Waals surface area contributed by atoms with Crippen LogP contribution in [0.5, 0.6) is 0 Å². The van der Waals surface area contributed by atoms with Crippen LogP contribution in [0.4, 0.5) is 10.5 Å². The van der Waals surface area contributed by atoms with E-state index in [4.69, 9.17) is 4.99 Å². The summed E-state index contributed by atoms with van der Waals surface area (Å²) in [5, 5.41) is 9.77. The van der Waals surface area contributed by atoms with E-state index < -0.39 is 0 Å². The number of thioether (sulfide) groups is 1. The molecular formula is C20H34IN5OS. The molecule has 2 amide bonds. The van der Waals surface area contributed by atoms with Gasteiger partial charge in [0.1, 0.15) is 0 Å². The van der Waals surface area contributed by atoms with Gasteiger partial charge in [-0.25, -0.2) is 9.79 Å². The monoisotopic (exact) mass is 519 g/mol. The molecule has 1 heterocycles. The SMILES string of the molecule is CCNC(=NCc1ccc(NC(=O)NC(C)C)cc1)N1CCSC(CC)C1.I. The minimum atomic E-state index is -0.182. The van der Waals surface area contributed by atoms with Crippen LogP contribution in [0.15, 0.2) is 29.3 Å². The number of amides is 2. The molecule has 1 saturated heterocycles. The predicted molar refractivity (Wildman–Crippen MR) is 132 cm³/mol. The first kappa shape index (κ1) is 24.9. The summed E-state index contributed by atoms with van der Waals surface area (Å²) in [6, 6.07) is 7.80. The first-order valence-corrected chi connectivity index (χ1v) is 10.9. The number of halogens is 1. The number of rotatable bonds is 6. The summed E-state index contributed by atoms with van der Waals surface area (Å²) < 4.78 is 0. The van der Waals surface area contributed by atoms with E-state index in [-0.39, 0.29) is 36.0 Å². The topological polar surface area (TPSA) is 68.8 Å². The molecule has 1 aromatic rings. The fourth-order valence-electron chi connectivity index (χ4n) is 2.87. The van der Waals surface area contributed by atoms with Gasteiger partial charge in [0.25, 0.3) is 0 Å². The van der Waals surface area contributed by atoms with Gasteiger partial charge in [-0.1, -0.05) is 19.1 Å². The molecule has 0 aliphatic carbocycles. The number of carbonyl (C=O) groups excluding carboxylic acids is 1. The Hall–Kier alpha value is -1.16. The number of carbonyl (C=O) groups is 1. The van der Waals surface area contributed by atoms with Crippen molar-refractivity contribution in [3.63, 3.8) is 0 Å². The smallest absolute Gasteiger partial charge is 0.319 e. The summed E-state index contributed by atoms with van der Waals surface area (Å²) in [6.07, 6.45) is 1.19. The van der Waals surface area contributed by atoms with Crippen LogP contribution in [0.1, 0.15) is 39.7 Å². The average Bonchev–Trinajstić information content (AvgIpc) is 2.65. The molecule has 0 bridgehead atoms. The molecule has 1 aliphatic rings. The van der Waals surface area contributed by atoms with E-state index in [0.29, 0.717) is 11.8 Å². The highest BCUT2D eigenvalue weighted by molar-refractivity contribution is 14.0. The van der Waals surface area contributed by atoms with Gasteiger partial charge in [0.05, 0.1) is 6.54 Å². The number of nitrogens with one attached hydrogen (secondary N) is 3. The number of hydrogen-bond donors (Lipinski definition) is 3. The third kappa shape index (κ3) is 8.46. The summed E-state index contributed by atoms with van der Waals surface area (Å²) in [4.78, 5) is 19.0. The summed E-state index contributed by atoms with van der Waals surface area (Å²) in [5.74, 6) is 2.15. The molecule has 3 N–H and O–H groups in total. The van der Waals surface area contributed by atoms with Crippen molar-refractivity contribution in [2.24, 2.45) is 4.99 Å². The standard InChI is InChI=1S/C20H33N5OS.HI/c1-5-18-14-25(11-12-27-18)19(21-6-2)22-13-16-7-9-17(10-8-16)24-20(26)23-15(3)4;/h7-10,15,18H,5-6,11-14H2,1-4H3,(H,21,22)(H2,23,24,26);1H. The van der Waals surface area contributed by atoms with Gasteiger partial charge < -0.3 is 20.9 Å². The number of aliphatic imine (C=N–C) groups is 1. The molecule has 1 aromatic carbocycles. The van der Waals surface area contributed by atoms with Crippen LogP contribution in [-0.2, 0) is 6.54 Å². The highest BCUT2D eigenvalue weighted by atomic mass is 127. The van der Waals surface area contributed by atoms with Crippen molar-refractivity contribution < 1.29 is 4.79 Å². The number of hydrogen-bond acceptors (Lipinski definition) is 3. The van der Waals surface area contributed by atoms with Crippen LogP contribution >= 0.6 is 35.7 Å². The van der Waals surface area contributed by atoms with E-state index in [1.165, 1.54) is 6.42 Å². The molecule has 6 nitrogen and oxygen atoms in total. The number of benzene rings is 1. The van der Waals surface area contributed by atoms with E-state index in [0.717, 1.165) is 42.6 Å². The lowest BCUT2D eigenvalue weighted by Gasteiger charge is -2.34. The Balaban J connectivity index is 0.00000392. The summed E-state index contributed by atoms with van der Waals surface area (Å²) in [6.45, 7) is 11.8. The Bertz CT molecular complexity index is 624. The van der Waals surface area contributed by atoms with Gasteiger partial charge in [0, 0.05) is 42.4 Å².